The van der Waals surface area contributed by atoms with Crippen molar-refractivity contribution in [3.63, 3.8) is 0 Å². The Kier molecular flexibility index (Phi) is 3.34. The predicted octanol–water partition coefficient (Wildman–Crippen LogP) is 2.43. The quantitative estimate of drug-likeness (QED) is 0.908. The topological polar surface area (TPSA) is 53.1 Å². The molecule has 2 rings (SSSR count). The smallest absolute Gasteiger partial charge is 0.171 e. The van der Waals surface area contributed by atoms with Gasteiger partial charge in [-0.15, -0.1) is 0 Å². The fourth-order valence-corrected chi connectivity index (χ4v) is 1.82. The zero-order valence-electron chi connectivity index (χ0n) is 10.7. The third-order valence-corrected chi connectivity index (χ3v) is 2.83. The van der Waals surface area contributed by atoms with E-state index in [1.54, 1.807) is 10.7 Å². The van der Waals surface area contributed by atoms with Gasteiger partial charge in [0, 0.05) is 19.7 Å². The lowest BCUT2D eigenvalue weighted by Crippen LogP contribution is -1.98. The maximum absolute atomic E-state index is 13.4. The summed E-state index contributed by atoms with van der Waals surface area (Å²) in [6.45, 7) is 4.03. The molecule has 0 bridgehead atoms. The minimum absolute atomic E-state index is 0.277. The lowest BCUT2D eigenvalue weighted by atomic mass is 10.2. The van der Waals surface area contributed by atoms with E-state index in [0.29, 0.717) is 17.1 Å². The lowest BCUT2D eigenvalue weighted by Gasteiger charge is -2.08. The van der Waals surface area contributed by atoms with E-state index in [9.17, 15) is 4.39 Å². The Bertz CT molecular complexity index is 578. The van der Waals surface area contributed by atoms with Crippen molar-refractivity contribution in [1.29, 1.82) is 0 Å². The number of aryl methyl sites for hydroxylation is 2. The second-order valence-corrected chi connectivity index (χ2v) is 4.22. The highest BCUT2D eigenvalue weighted by molar-refractivity contribution is 5.39. The van der Waals surface area contributed by atoms with E-state index in [4.69, 9.17) is 10.5 Å². The van der Waals surface area contributed by atoms with Crippen LogP contribution in [-0.2, 0) is 13.6 Å². The van der Waals surface area contributed by atoms with Crippen molar-refractivity contribution in [2.24, 2.45) is 12.8 Å². The lowest BCUT2D eigenvalue weighted by molar-refractivity contribution is 0.468. The van der Waals surface area contributed by atoms with Crippen molar-refractivity contribution >= 4 is 0 Å². The van der Waals surface area contributed by atoms with Gasteiger partial charge in [0.05, 0.1) is 5.69 Å². The second kappa shape index (κ2) is 4.78. The van der Waals surface area contributed by atoms with E-state index >= 15 is 0 Å². The molecule has 0 aliphatic rings. The molecule has 0 amide bonds. The molecule has 1 heterocycles. The van der Waals surface area contributed by atoms with Gasteiger partial charge in [0.2, 0.25) is 0 Å². The van der Waals surface area contributed by atoms with Gasteiger partial charge in [-0.25, -0.2) is 4.39 Å². The van der Waals surface area contributed by atoms with Crippen LogP contribution in [0, 0.1) is 19.7 Å². The molecule has 0 radical (unpaired) electrons. The fourth-order valence-electron chi connectivity index (χ4n) is 1.82. The molecule has 0 unspecified atom stereocenters. The van der Waals surface area contributed by atoms with Gasteiger partial charge in [-0.3, -0.25) is 4.68 Å². The summed E-state index contributed by atoms with van der Waals surface area (Å²) < 4.78 is 20.8. The number of halogens is 1. The van der Waals surface area contributed by atoms with Crippen LogP contribution >= 0.6 is 0 Å². The van der Waals surface area contributed by atoms with Gasteiger partial charge in [0.15, 0.2) is 5.75 Å². The molecule has 5 heteroatoms. The van der Waals surface area contributed by atoms with Crippen molar-refractivity contribution < 1.29 is 9.13 Å². The summed E-state index contributed by atoms with van der Waals surface area (Å²) in [5, 5.41) is 4.25. The first-order chi connectivity index (χ1) is 8.51. The Labute approximate surface area is 105 Å². The van der Waals surface area contributed by atoms with E-state index in [0.717, 1.165) is 11.4 Å². The molecule has 0 atom stereocenters. The first kappa shape index (κ1) is 12.6. The van der Waals surface area contributed by atoms with Crippen LogP contribution in [0.25, 0.3) is 0 Å². The number of benzene rings is 1. The second-order valence-electron chi connectivity index (χ2n) is 4.22. The molecule has 1 aromatic carbocycles. The van der Waals surface area contributed by atoms with Gasteiger partial charge >= 0.3 is 0 Å². The van der Waals surface area contributed by atoms with Crippen LogP contribution in [0.5, 0.6) is 11.5 Å². The Morgan fingerprint density at radius 2 is 2.06 bits per heavy atom. The molecule has 0 spiro atoms. The number of ether oxygens (including phenoxy) is 1. The number of nitrogens with two attached hydrogens (primary N) is 1. The standard InChI is InChI=1S/C13H16FN3O/c1-8-13(9(2)17(3)16-8)18-12-5-10(7-15)4-11(14)6-12/h4-6H,7,15H2,1-3H3. The van der Waals surface area contributed by atoms with Crippen LogP contribution in [0.15, 0.2) is 18.2 Å². The summed E-state index contributed by atoms with van der Waals surface area (Å²) in [7, 11) is 1.84. The van der Waals surface area contributed by atoms with Gasteiger partial charge < -0.3 is 10.5 Å². The monoisotopic (exact) mass is 249 g/mol. The molecule has 0 aliphatic heterocycles. The number of hydrogen-bond donors (Lipinski definition) is 1. The van der Waals surface area contributed by atoms with E-state index in [-0.39, 0.29) is 12.4 Å². The van der Waals surface area contributed by atoms with Crippen LogP contribution in [0.2, 0.25) is 0 Å². The molecular formula is C13H16FN3O. The molecule has 4 nitrogen and oxygen atoms in total. The largest absolute Gasteiger partial charge is 0.453 e. The molecule has 0 saturated heterocycles. The van der Waals surface area contributed by atoms with Crippen molar-refractivity contribution in [3.8, 4) is 11.5 Å². The average Bonchev–Trinajstić information content (AvgIpc) is 2.55. The molecular weight excluding hydrogens is 233 g/mol. The third kappa shape index (κ3) is 2.36. The van der Waals surface area contributed by atoms with Crippen LogP contribution in [0.3, 0.4) is 0 Å². The molecule has 2 N–H and O–H groups in total. The van der Waals surface area contributed by atoms with E-state index < -0.39 is 0 Å². The van der Waals surface area contributed by atoms with Crippen molar-refractivity contribution in [2.45, 2.75) is 20.4 Å². The highest BCUT2D eigenvalue weighted by atomic mass is 19.1. The molecule has 0 saturated carbocycles. The van der Waals surface area contributed by atoms with Gasteiger partial charge in [-0.1, -0.05) is 0 Å². The van der Waals surface area contributed by atoms with Gasteiger partial charge in [0.1, 0.15) is 17.3 Å². The summed E-state index contributed by atoms with van der Waals surface area (Å²) in [5.41, 5.74) is 7.87. The molecule has 96 valence electrons. The van der Waals surface area contributed by atoms with Crippen molar-refractivity contribution in [3.05, 3.63) is 41.0 Å². The summed E-state index contributed by atoms with van der Waals surface area (Å²) >= 11 is 0. The Balaban J connectivity index is 2.36. The number of hydrogen-bond acceptors (Lipinski definition) is 3. The maximum atomic E-state index is 13.4. The normalized spacial score (nSPS) is 10.7. The molecule has 2 aromatic rings. The van der Waals surface area contributed by atoms with E-state index in [2.05, 4.69) is 5.10 Å². The summed E-state index contributed by atoms with van der Waals surface area (Å²) in [6.07, 6.45) is 0. The molecule has 0 fully saturated rings. The number of rotatable bonds is 3. The Morgan fingerprint density at radius 1 is 1.33 bits per heavy atom. The van der Waals surface area contributed by atoms with Gasteiger partial charge in [-0.05, 0) is 31.5 Å². The van der Waals surface area contributed by atoms with Crippen LogP contribution in [0.4, 0.5) is 4.39 Å². The Morgan fingerprint density at radius 3 is 2.61 bits per heavy atom. The van der Waals surface area contributed by atoms with Crippen molar-refractivity contribution in [1.82, 2.24) is 9.78 Å². The first-order valence-electron chi connectivity index (χ1n) is 5.69. The van der Waals surface area contributed by atoms with E-state index in [1.807, 2.05) is 20.9 Å². The molecule has 18 heavy (non-hydrogen) atoms. The summed E-state index contributed by atoms with van der Waals surface area (Å²) in [5.74, 6) is 0.743. The highest BCUT2D eigenvalue weighted by Gasteiger charge is 2.12. The zero-order chi connectivity index (χ0) is 13.3. The van der Waals surface area contributed by atoms with Crippen LogP contribution in [-0.4, -0.2) is 9.78 Å². The van der Waals surface area contributed by atoms with E-state index in [1.165, 1.54) is 12.1 Å². The summed E-state index contributed by atoms with van der Waals surface area (Å²) in [4.78, 5) is 0. The fraction of sp³-hybridized carbons (Fsp3) is 0.308. The Hall–Kier alpha value is -1.88. The minimum Gasteiger partial charge on any atom is -0.453 e. The average molecular weight is 249 g/mol. The number of aromatic nitrogens is 2. The zero-order valence-corrected chi connectivity index (χ0v) is 10.7. The molecule has 0 aliphatic carbocycles. The van der Waals surface area contributed by atoms with Crippen molar-refractivity contribution in [2.75, 3.05) is 0 Å². The van der Waals surface area contributed by atoms with Gasteiger partial charge in [0.25, 0.3) is 0 Å². The van der Waals surface area contributed by atoms with Gasteiger partial charge in [-0.2, -0.15) is 5.10 Å². The first-order valence-corrected chi connectivity index (χ1v) is 5.69. The van der Waals surface area contributed by atoms with Crippen LogP contribution < -0.4 is 10.5 Å². The predicted molar refractivity (Wildman–Crippen MR) is 67.0 cm³/mol. The highest BCUT2D eigenvalue weighted by Crippen LogP contribution is 2.28. The minimum atomic E-state index is -0.354. The molecule has 1 aromatic heterocycles. The van der Waals surface area contributed by atoms with Crippen LogP contribution in [0.1, 0.15) is 17.0 Å². The summed E-state index contributed by atoms with van der Waals surface area (Å²) in [6, 6.07) is 4.47. The maximum Gasteiger partial charge on any atom is 0.171 e. The SMILES string of the molecule is Cc1nn(C)c(C)c1Oc1cc(F)cc(CN)c1. The third-order valence-electron chi connectivity index (χ3n) is 2.83. The number of nitrogens with zero attached hydrogens (tertiary/aromatic N) is 2.